The van der Waals surface area contributed by atoms with E-state index in [0.717, 1.165) is 53.2 Å². The van der Waals surface area contributed by atoms with Gasteiger partial charge in [0.05, 0.1) is 0 Å². The fraction of sp³-hybridized carbons (Fsp3) is 0.176. The first kappa shape index (κ1) is 33.4. The summed E-state index contributed by atoms with van der Waals surface area (Å²) < 4.78 is 184. The van der Waals surface area contributed by atoms with E-state index in [1.54, 1.807) is 17.4 Å². The largest absolute Gasteiger partial charge is 0.460 e. The number of hydrogen-bond acceptors (Lipinski definition) is 2. The third-order valence-electron chi connectivity index (χ3n) is 8.45. The Kier molecular flexibility index (Phi) is 7.12. The molecular formula is C34H15F13S2. The lowest BCUT2D eigenvalue weighted by atomic mass is 9.89. The lowest BCUT2D eigenvalue weighted by Crippen LogP contribution is -2.69. The van der Waals surface area contributed by atoms with Gasteiger partial charge in [-0.1, -0.05) is 78.9 Å². The van der Waals surface area contributed by atoms with Gasteiger partial charge in [-0.15, -0.1) is 22.7 Å². The Morgan fingerprint density at radius 3 is 1.65 bits per heavy atom. The maximum absolute atomic E-state index is 15.2. The molecule has 0 spiro atoms. The summed E-state index contributed by atoms with van der Waals surface area (Å²) in [6, 6.07) is 22.1. The van der Waals surface area contributed by atoms with Crippen LogP contribution in [0.1, 0.15) is 5.56 Å². The van der Waals surface area contributed by atoms with Crippen molar-refractivity contribution < 1.29 is 57.1 Å². The molecule has 0 saturated carbocycles. The minimum Gasteiger partial charge on any atom is -0.194 e. The van der Waals surface area contributed by atoms with Crippen molar-refractivity contribution in [1.29, 1.82) is 0 Å². The van der Waals surface area contributed by atoms with Gasteiger partial charge in [0.15, 0.2) is 0 Å². The smallest absolute Gasteiger partial charge is 0.194 e. The molecule has 0 aliphatic carbocycles. The maximum atomic E-state index is 15.2. The molecule has 0 saturated heterocycles. The summed E-state index contributed by atoms with van der Waals surface area (Å²) in [5.41, 5.74) is -2.13. The molecule has 49 heavy (non-hydrogen) atoms. The molecule has 0 aliphatic heterocycles. The van der Waals surface area contributed by atoms with Crippen molar-refractivity contribution in [3.63, 3.8) is 0 Å². The van der Waals surface area contributed by atoms with E-state index in [2.05, 4.69) is 0 Å². The SMILES string of the molecule is FC(F)(F)C(F)(F)C(F)(F)C(F)(F)C(F)(F)C(F)(F)c1cccc(-c2cccc3c2sc2c3c3ccccc3c3sc4ccccc4c32)c1. The summed E-state index contributed by atoms with van der Waals surface area (Å²) in [6.45, 7) is 0. The second-order valence-corrected chi connectivity index (χ2v) is 13.4. The van der Waals surface area contributed by atoms with Crippen molar-refractivity contribution in [1.82, 2.24) is 0 Å². The predicted octanol–water partition coefficient (Wildman–Crippen LogP) is 13.4. The molecule has 0 unspecified atom stereocenters. The van der Waals surface area contributed by atoms with Crippen molar-refractivity contribution in [2.45, 2.75) is 35.8 Å². The fourth-order valence-electron chi connectivity index (χ4n) is 5.98. The second kappa shape index (κ2) is 10.5. The Morgan fingerprint density at radius 2 is 0.980 bits per heavy atom. The summed E-state index contributed by atoms with van der Waals surface area (Å²) in [7, 11) is 0. The van der Waals surface area contributed by atoms with Gasteiger partial charge < -0.3 is 0 Å². The van der Waals surface area contributed by atoms with E-state index < -0.39 is 41.4 Å². The molecule has 0 aliphatic rings. The fourth-order valence-corrected chi connectivity index (χ4v) is 8.71. The van der Waals surface area contributed by atoms with Gasteiger partial charge in [0, 0.05) is 51.3 Å². The molecule has 7 rings (SSSR count). The first-order valence-electron chi connectivity index (χ1n) is 14.0. The van der Waals surface area contributed by atoms with Crippen LogP contribution in [0, 0.1) is 0 Å². The summed E-state index contributed by atoms with van der Waals surface area (Å²) in [5.74, 6) is -37.4. The van der Waals surface area contributed by atoms with Gasteiger partial charge in [0.1, 0.15) is 0 Å². The molecule has 0 radical (unpaired) electrons. The van der Waals surface area contributed by atoms with Gasteiger partial charge in [0.2, 0.25) is 0 Å². The monoisotopic (exact) mass is 734 g/mol. The van der Waals surface area contributed by atoms with E-state index in [1.807, 2.05) is 48.5 Å². The predicted molar refractivity (Wildman–Crippen MR) is 165 cm³/mol. The standard InChI is InChI=1S/C34H15F13S2/c35-29(36,30(37,38)31(39,40)32(41,42)33(43,44)34(45,46)47)17-8-5-7-16(15-17)18-12-6-13-22-24-19-9-1-2-10-20(19)27-25(28(24)49-26(18)22)21-11-3-4-14-23(21)48-27/h1-15H. The summed E-state index contributed by atoms with van der Waals surface area (Å²) in [5, 5.41) is 5.01. The molecule has 0 amide bonds. The van der Waals surface area contributed by atoms with Crippen LogP contribution in [-0.4, -0.2) is 29.9 Å². The molecule has 0 N–H and O–H groups in total. The minimum atomic E-state index is -7.97. The molecule has 7 aromatic rings. The van der Waals surface area contributed by atoms with E-state index in [0.29, 0.717) is 10.1 Å². The average molecular weight is 735 g/mol. The first-order valence-corrected chi connectivity index (χ1v) is 15.6. The molecule has 0 nitrogen and oxygen atoms in total. The number of rotatable bonds is 6. The number of fused-ring (bicyclic) bond motifs is 10. The summed E-state index contributed by atoms with van der Waals surface area (Å²) in [6.07, 6.45) is -7.47. The number of halogens is 13. The lowest BCUT2D eigenvalue weighted by molar-refractivity contribution is -0.441. The first-order chi connectivity index (χ1) is 22.8. The van der Waals surface area contributed by atoms with Gasteiger partial charge in [-0.2, -0.15) is 57.1 Å². The molecule has 2 aromatic heterocycles. The Morgan fingerprint density at radius 1 is 0.408 bits per heavy atom. The van der Waals surface area contributed by atoms with Crippen LogP contribution in [0.4, 0.5) is 57.1 Å². The highest BCUT2D eigenvalue weighted by molar-refractivity contribution is 7.30. The molecule has 5 aromatic carbocycles. The third-order valence-corrected chi connectivity index (χ3v) is 10.9. The molecule has 0 fully saturated rings. The summed E-state index contributed by atoms with van der Waals surface area (Å²) >= 11 is 2.80. The minimum absolute atomic E-state index is 0.150. The van der Waals surface area contributed by atoms with E-state index in [1.165, 1.54) is 23.5 Å². The Labute approximate surface area is 274 Å². The zero-order valence-electron chi connectivity index (χ0n) is 23.9. The van der Waals surface area contributed by atoms with Gasteiger partial charge in [0.25, 0.3) is 0 Å². The van der Waals surface area contributed by atoms with Crippen LogP contribution >= 0.6 is 22.7 Å². The van der Waals surface area contributed by atoms with Crippen LogP contribution < -0.4 is 0 Å². The van der Waals surface area contributed by atoms with E-state index >= 15 is 8.78 Å². The highest BCUT2D eigenvalue weighted by atomic mass is 32.1. The lowest BCUT2D eigenvalue weighted by Gasteiger charge is -2.39. The molecule has 0 atom stereocenters. The van der Waals surface area contributed by atoms with Crippen LogP contribution in [-0.2, 0) is 5.92 Å². The highest BCUT2D eigenvalue weighted by Gasteiger charge is 2.90. The molecule has 0 bridgehead atoms. The Bertz CT molecular complexity index is 2430. The van der Waals surface area contributed by atoms with Crippen molar-refractivity contribution in [3.05, 3.63) is 96.6 Å². The average Bonchev–Trinajstić information content (AvgIpc) is 3.63. The molecule has 15 heteroatoms. The maximum Gasteiger partial charge on any atom is 0.460 e. The highest BCUT2D eigenvalue weighted by Crippen LogP contribution is 2.62. The summed E-state index contributed by atoms with van der Waals surface area (Å²) in [4.78, 5) is 0. The molecule has 2 heterocycles. The van der Waals surface area contributed by atoms with Gasteiger partial charge in [-0.25, -0.2) is 0 Å². The quantitative estimate of drug-likeness (QED) is 0.149. The van der Waals surface area contributed by atoms with Gasteiger partial charge in [-0.05, 0) is 28.6 Å². The normalized spacial score (nSPS) is 14.2. The molecule has 254 valence electrons. The third kappa shape index (κ3) is 4.36. The van der Waals surface area contributed by atoms with Crippen LogP contribution in [0.15, 0.2) is 91.0 Å². The topological polar surface area (TPSA) is 0 Å². The number of benzene rings is 5. The zero-order chi connectivity index (χ0) is 35.5. The van der Waals surface area contributed by atoms with Gasteiger partial charge >= 0.3 is 35.8 Å². The van der Waals surface area contributed by atoms with E-state index in [-0.39, 0.29) is 23.3 Å². The van der Waals surface area contributed by atoms with Crippen LogP contribution in [0.25, 0.3) is 62.2 Å². The van der Waals surface area contributed by atoms with E-state index in [9.17, 15) is 48.3 Å². The molecular weight excluding hydrogens is 719 g/mol. The zero-order valence-corrected chi connectivity index (χ0v) is 25.5. The number of alkyl halides is 13. The number of thiophene rings is 2. The van der Waals surface area contributed by atoms with Crippen LogP contribution in [0.3, 0.4) is 0 Å². The van der Waals surface area contributed by atoms with Crippen molar-refractivity contribution in [2.75, 3.05) is 0 Å². The van der Waals surface area contributed by atoms with Crippen LogP contribution in [0.2, 0.25) is 0 Å². The van der Waals surface area contributed by atoms with Crippen molar-refractivity contribution in [3.8, 4) is 11.1 Å². The van der Waals surface area contributed by atoms with Gasteiger partial charge in [-0.3, -0.25) is 0 Å². The van der Waals surface area contributed by atoms with Crippen LogP contribution in [0.5, 0.6) is 0 Å². The van der Waals surface area contributed by atoms with E-state index in [4.69, 9.17) is 0 Å². The Hall–Kier alpha value is -4.11. The number of hydrogen-bond donors (Lipinski definition) is 0. The Balaban J connectivity index is 1.42. The second-order valence-electron chi connectivity index (χ2n) is 11.3. The van der Waals surface area contributed by atoms with Crippen molar-refractivity contribution >= 4 is 73.8 Å². The van der Waals surface area contributed by atoms with Crippen molar-refractivity contribution in [2.24, 2.45) is 0 Å².